The van der Waals surface area contributed by atoms with Crippen LogP contribution in [-0.4, -0.2) is 29.5 Å². The van der Waals surface area contributed by atoms with E-state index in [0.717, 1.165) is 35.3 Å². The summed E-state index contributed by atoms with van der Waals surface area (Å²) in [5.41, 5.74) is 5.93. The Hall–Kier alpha value is -1.66. The van der Waals surface area contributed by atoms with Gasteiger partial charge in [-0.2, -0.15) is 0 Å². The number of rotatable bonds is 7. The Morgan fingerprint density at radius 1 is 1.12 bits per heavy atom. The molecule has 2 saturated carbocycles. The van der Waals surface area contributed by atoms with E-state index in [4.69, 9.17) is 4.43 Å². The lowest BCUT2D eigenvalue weighted by Gasteiger charge is -2.44. The van der Waals surface area contributed by atoms with Crippen molar-refractivity contribution in [2.45, 2.75) is 89.9 Å². The molecule has 0 spiro atoms. The van der Waals surface area contributed by atoms with Gasteiger partial charge in [0, 0.05) is 30.6 Å². The van der Waals surface area contributed by atoms with E-state index in [2.05, 4.69) is 68.2 Å². The third kappa shape index (κ3) is 3.12. The van der Waals surface area contributed by atoms with Gasteiger partial charge in [0.25, 0.3) is 0 Å². The topological polar surface area (TPSA) is 59.9 Å². The van der Waals surface area contributed by atoms with Crippen LogP contribution in [0.15, 0.2) is 17.1 Å². The molecule has 0 amide bonds. The summed E-state index contributed by atoms with van der Waals surface area (Å²) in [4.78, 5) is 21.0. The first kappa shape index (κ1) is 22.1. The highest BCUT2D eigenvalue weighted by atomic mass is 28.4. The molecular formula is C26H39N3O2Si. The van der Waals surface area contributed by atoms with Crippen LogP contribution in [0.5, 0.6) is 0 Å². The summed E-state index contributed by atoms with van der Waals surface area (Å²) < 4.78 is 9.23. The highest BCUT2D eigenvalue weighted by Gasteiger charge is 2.52. The highest BCUT2D eigenvalue weighted by Crippen LogP contribution is 2.56. The van der Waals surface area contributed by atoms with Crippen LogP contribution in [0.25, 0.3) is 17.1 Å². The molecule has 2 bridgehead atoms. The predicted molar refractivity (Wildman–Crippen MR) is 133 cm³/mol. The first-order valence-electron chi connectivity index (χ1n) is 12.7. The second-order valence-electron chi connectivity index (χ2n) is 11.4. The van der Waals surface area contributed by atoms with Gasteiger partial charge in [0.05, 0.1) is 22.9 Å². The smallest absolute Gasteiger partial charge is 0.326 e. The monoisotopic (exact) mass is 453 g/mol. The number of nitrogens with one attached hydrogen (secondary N) is 1. The molecule has 5 nitrogen and oxygen atoms in total. The minimum atomic E-state index is -1.94. The van der Waals surface area contributed by atoms with Gasteiger partial charge in [-0.3, -0.25) is 9.55 Å². The maximum atomic E-state index is 13.3. The van der Waals surface area contributed by atoms with Gasteiger partial charge in [-0.1, -0.05) is 53.7 Å². The van der Waals surface area contributed by atoms with E-state index in [1.54, 1.807) is 0 Å². The quantitative estimate of drug-likeness (QED) is 0.517. The maximum absolute atomic E-state index is 13.3. The molecule has 2 aromatic heterocycles. The second-order valence-corrected chi connectivity index (χ2v) is 16.9. The summed E-state index contributed by atoms with van der Waals surface area (Å²) in [7, 11) is -1.94. The van der Waals surface area contributed by atoms with Crippen molar-refractivity contribution in [1.29, 1.82) is 0 Å². The normalized spacial score (nSPS) is 27.0. The number of H-pyrrole nitrogens is 1. The zero-order chi connectivity index (χ0) is 22.8. The lowest BCUT2D eigenvalue weighted by Crippen LogP contribution is -2.49. The minimum absolute atomic E-state index is 0.0261. The molecule has 0 aromatic carbocycles. The number of allylic oxidation sites excluding steroid dienone is 1. The minimum Gasteiger partial charge on any atom is -0.416 e. The third-order valence-electron chi connectivity index (χ3n) is 9.04. The van der Waals surface area contributed by atoms with Crippen LogP contribution in [-0.2, 0) is 10.8 Å². The largest absolute Gasteiger partial charge is 0.416 e. The molecule has 5 rings (SSSR count). The fourth-order valence-electron chi connectivity index (χ4n) is 7.85. The van der Waals surface area contributed by atoms with Gasteiger partial charge >= 0.3 is 5.69 Å². The van der Waals surface area contributed by atoms with E-state index in [9.17, 15) is 4.79 Å². The molecule has 2 heterocycles. The number of aromatic amines is 1. The van der Waals surface area contributed by atoms with Crippen LogP contribution in [0, 0.1) is 17.8 Å². The van der Waals surface area contributed by atoms with E-state index in [1.165, 1.54) is 19.3 Å². The van der Waals surface area contributed by atoms with Gasteiger partial charge in [0.1, 0.15) is 0 Å². The molecule has 4 atom stereocenters. The molecule has 0 saturated heterocycles. The first-order valence-corrected chi connectivity index (χ1v) is 14.8. The number of aromatic nitrogens is 3. The molecule has 32 heavy (non-hydrogen) atoms. The molecule has 2 fully saturated rings. The van der Waals surface area contributed by atoms with E-state index in [-0.39, 0.29) is 11.7 Å². The van der Waals surface area contributed by atoms with Crippen molar-refractivity contribution in [3.05, 3.63) is 34.0 Å². The van der Waals surface area contributed by atoms with E-state index in [1.807, 2.05) is 6.20 Å². The third-order valence-corrected chi connectivity index (χ3v) is 15.1. The number of imidazole rings is 1. The number of nitrogens with zero attached hydrogens (tertiary/aromatic N) is 2. The maximum Gasteiger partial charge on any atom is 0.326 e. The van der Waals surface area contributed by atoms with E-state index >= 15 is 0 Å². The van der Waals surface area contributed by atoms with Gasteiger partial charge in [0.2, 0.25) is 0 Å². The summed E-state index contributed by atoms with van der Waals surface area (Å²) in [5.74, 6) is 1.67. The van der Waals surface area contributed by atoms with Crippen LogP contribution in [0.2, 0.25) is 16.6 Å². The predicted octanol–water partition coefficient (Wildman–Crippen LogP) is 6.07. The summed E-state index contributed by atoms with van der Waals surface area (Å²) in [5, 5.41) is 0. The van der Waals surface area contributed by atoms with Crippen LogP contribution in [0.1, 0.15) is 78.1 Å². The van der Waals surface area contributed by atoms with E-state index < -0.39 is 8.32 Å². The molecule has 3 aliphatic rings. The molecule has 6 heteroatoms. The van der Waals surface area contributed by atoms with E-state index in [0.29, 0.717) is 34.4 Å². The summed E-state index contributed by atoms with van der Waals surface area (Å²) in [6.45, 7) is 15.0. The van der Waals surface area contributed by atoms with Crippen molar-refractivity contribution in [3.8, 4) is 0 Å². The summed E-state index contributed by atoms with van der Waals surface area (Å²) >= 11 is 0. The second kappa shape index (κ2) is 7.98. The first-order chi connectivity index (χ1) is 15.3. The number of pyridine rings is 1. The fourth-order valence-corrected chi connectivity index (χ4v) is 13.3. The van der Waals surface area contributed by atoms with Crippen LogP contribution in [0.3, 0.4) is 0 Å². The van der Waals surface area contributed by atoms with Gasteiger partial charge in [-0.25, -0.2) is 4.79 Å². The average Bonchev–Trinajstić information content (AvgIpc) is 3.49. The zero-order valence-corrected chi connectivity index (χ0v) is 21.5. The molecule has 3 aliphatic carbocycles. The van der Waals surface area contributed by atoms with Crippen molar-refractivity contribution >= 4 is 25.4 Å². The summed E-state index contributed by atoms with van der Waals surface area (Å²) in [6, 6.07) is 0.230. The Balaban J connectivity index is 1.54. The van der Waals surface area contributed by atoms with Crippen LogP contribution in [0.4, 0.5) is 0 Å². The van der Waals surface area contributed by atoms with Crippen molar-refractivity contribution in [2.75, 3.05) is 6.61 Å². The molecule has 1 N–H and O–H groups in total. The van der Waals surface area contributed by atoms with Crippen molar-refractivity contribution in [3.63, 3.8) is 0 Å². The van der Waals surface area contributed by atoms with Crippen LogP contribution >= 0.6 is 0 Å². The van der Waals surface area contributed by atoms with Gasteiger partial charge in [-0.05, 0) is 47.7 Å². The Labute approximate surface area is 192 Å². The lowest BCUT2D eigenvalue weighted by atomic mass is 9.84. The number of fused-ring (bicyclic) bond motifs is 5. The van der Waals surface area contributed by atoms with Crippen molar-refractivity contribution in [1.82, 2.24) is 14.5 Å². The van der Waals surface area contributed by atoms with Crippen molar-refractivity contribution in [2.24, 2.45) is 17.8 Å². The van der Waals surface area contributed by atoms with Crippen LogP contribution < -0.4 is 5.69 Å². The van der Waals surface area contributed by atoms with Crippen molar-refractivity contribution < 1.29 is 4.43 Å². The Morgan fingerprint density at radius 3 is 2.50 bits per heavy atom. The average molecular weight is 454 g/mol. The standard InChI is InChI=1S/C26H39N3O2Si/c1-15(2)32(16(3)4,17(5)6)31-14-21-18-10-11-19(12-18)24(21)29-25-20-8-7-9-22(20)27-13-23(25)28-26(29)30/h7-8,13,15-19,21,24H,9-12,14H2,1-6H3,(H,28,30)/t18-,19?,21+,24-/m0/s1. The number of hydrogen-bond acceptors (Lipinski definition) is 3. The Kier molecular flexibility index (Phi) is 5.52. The zero-order valence-electron chi connectivity index (χ0n) is 20.5. The fraction of sp³-hybridized carbons (Fsp3) is 0.692. The van der Waals surface area contributed by atoms with Gasteiger partial charge in [-0.15, -0.1) is 0 Å². The summed E-state index contributed by atoms with van der Waals surface area (Å²) in [6.07, 6.45) is 10.8. The molecule has 1 unspecified atom stereocenters. The van der Waals surface area contributed by atoms with Gasteiger partial charge in [0.15, 0.2) is 8.32 Å². The Bertz CT molecular complexity index is 1070. The number of hydrogen-bond donors (Lipinski definition) is 1. The molecule has 0 aliphatic heterocycles. The molecule has 0 radical (unpaired) electrons. The molecule has 174 valence electrons. The van der Waals surface area contributed by atoms with Gasteiger partial charge < -0.3 is 9.41 Å². The SMILES string of the molecule is CC(C)[Si](OC[C@@H]1[C@H]2CCC(C2)[C@@H]1n1c(=O)[nH]c2cnc3c(c21)C=CC3)(C(C)C)C(C)C. The lowest BCUT2D eigenvalue weighted by molar-refractivity contribution is 0.130. The Morgan fingerprint density at radius 2 is 1.81 bits per heavy atom. The molecule has 2 aromatic rings. The highest BCUT2D eigenvalue weighted by molar-refractivity contribution is 6.77. The molecular weight excluding hydrogens is 414 g/mol.